The van der Waals surface area contributed by atoms with Gasteiger partial charge < -0.3 is 5.32 Å². The minimum Gasteiger partial charge on any atom is -0.326 e. The lowest BCUT2D eigenvalue weighted by Crippen LogP contribution is -2.14. The summed E-state index contributed by atoms with van der Waals surface area (Å²) in [6.45, 7) is 0. The fourth-order valence-electron chi connectivity index (χ4n) is 3.59. The lowest BCUT2D eigenvalue weighted by molar-refractivity contribution is -0.117. The van der Waals surface area contributed by atoms with Crippen LogP contribution in [0.25, 0.3) is 10.8 Å². The second-order valence-electron chi connectivity index (χ2n) is 7.29. The number of benzene rings is 2. The molecule has 148 valence electrons. The highest BCUT2D eigenvalue weighted by molar-refractivity contribution is 7.13. The molecule has 6 nitrogen and oxygen atoms in total. The van der Waals surface area contributed by atoms with Crippen LogP contribution in [0.1, 0.15) is 28.3 Å². The van der Waals surface area contributed by atoms with Crippen molar-refractivity contribution in [3.8, 4) is 0 Å². The van der Waals surface area contributed by atoms with Crippen molar-refractivity contribution in [1.29, 1.82) is 0 Å². The summed E-state index contributed by atoms with van der Waals surface area (Å²) in [5.74, 6) is -0.0223. The van der Waals surface area contributed by atoms with Crippen molar-refractivity contribution < 1.29 is 9.59 Å². The van der Waals surface area contributed by atoms with Gasteiger partial charge in [-0.25, -0.2) is 4.98 Å². The number of hydrogen-bond acceptors (Lipinski definition) is 5. The molecule has 1 fully saturated rings. The van der Waals surface area contributed by atoms with Gasteiger partial charge in [0.05, 0.1) is 0 Å². The first-order chi connectivity index (χ1) is 14.7. The molecule has 0 radical (unpaired) electrons. The van der Waals surface area contributed by atoms with Crippen LogP contribution in [-0.2, 0) is 4.79 Å². The van der Waals surface area contributed by atoms with Gasteiger partial charge in [0.15, 0.2) is 5.13 Å². The molecule has 7 heteroatoms. The third-order valence-corrected chi connectivity index (χ3v) is 5.98. The van der Waals surface area contributed by atoms with E-state index in [4.69, 9.17) is 0 Å². The zero-order valence-corrected chi connectivity index (χ0v) is 16.7. The second-order valence-corrected chi connectivity index (χ2v) is 8.18. The van der Waals surface area contributed by atoms with E-state index in [2.05, 4.69) is 20.6 Å². The summed E-state index contributed by atoms with van der Waals surface area (Å²) in [5, 5.41) is 10.3. The average molecular weight is 414 g/mol. The predicted octanol–water partition coefficient (Wildman–Crippen LogP) is 4.69. The first-order valence-corrected chi connectivity index (χ1v) is 10.5. The topological polar surface area (TPSA) is 84.0 Å². The SMILES string of the molecule is O=C(Nc1nccs1)c1ccc([C@@H]2C[C@H]2C(=O)Nc2ccc3cnccc3c2)cc1. The number of fused-ring (bicyclic) bond motifs is 1. The highest BCUT2D eigenvalue weighted by Gasteiger charge is 2.43. The Balaban J connectivity index is 1.21. The van der Waals surface area contributed by atoms with Crippen LogP contribution >= 0.6 is 11.3 Å². The number of anilines is 2. The molecule has 0 aliphatic heterocycles. The predicted molar refractivity (Wildman–Crippen MR) is 118 cm³/mol. The first-order valence-electron chi connectivity index (χ1n) is 9.63. The molecule has 2 amide bonds. The summed E-state index contributed by atoms with van der Waals surface area (Å²) >= 11 is 1.38. The molecule has 5 rings (SSSR count). The lowest BCUT2D eigenvalue weighted by atomic mass is 10.1. The number of hydrogen-bond donors (Lipinski definition) is 2. The van der Waals surface area contributed by atoms with Gasteiger partial charge in [-0.1, -0.05) is 18.2 Å². The highest BCUT2D eigenvalue weighted by atomic mass is 32.1. The normalized spacial score (nSPS) is 17.5. The number of rotatable bonds is 5. The summed E-state index contributed by atoms with van der Waals surface area (Å²) in [6, 6.07) is 15.2. The Kier molecular flexibility index (Phi) is 4.72. The fourth-order valence-corrected chi connectivity index (χ4v) is 4.11. The molecule has 1 saturated carbocycles. The van der Waals surface area contributed by atoms with Crippen LogP contribution in [-0.4, -0.2) is 21.8 Å². The van der Waals surface area contributed by atoms with Crippen molar-refractivity contribution in [2.45, 2.75) is 12.3 Å². The van der Waals surface area contributed by atoms with Gasteiger partial charge >= 0.3 is 0 Å². The number of amides is 2. The van der Waals surface area contributed by atoms with Gasteiger partial charge in [0.1, 0.15) is 0 Å². The van der Waals surface area contributed by atoms with Crippen LogP contribution < -0.4 is 10.6 Å². The van der Waals surface area contributed by atoms with Crippen LogP contribution in [0.4, 0.5) is 10.8 Å². The van der Waals surface area contributed by atoms with E-state index in [1.54, 1.807) is 30.7 Å². The summed E-state index contributed by atoms with van der Waals surface area (Å²) < 4.78 is 0. The lowest BCUT2D eigenvalue weighted by Gasteiger charge is -2.07. The van der Waals surface area contributed by atoms with E-state index in [0.717, 1.165) is 28.4 Å². The summed E-state index contributed by atoms with van der Waals surface area (Å²) in [7, 11) is 0. The van der Waals surface area contributed by atoms with Crippen LogP contribution in [0.3, 0.4) is 0 Å². The maximum Gasteiger partial charge on any atom is 0.257 e. The van der Waals surface area contributed by atoms with E-state index < -0.39 is 0 Å². The standard InChI is InChI=1S/C23H18N4O2S/c28-21(27-23-25-9-10-30-23)15-3-1-14(2-4-15)19-12-20(19)22(29)26-18-6-5-17-13-24-8-7-16(17)11-18/h1-11,13,19-20H,12H2,(H,26,29)(H,25,27,28)/t19-,20+/m0/s1. The average Bonchev–Trinajstić information content (AvgIpc) is 3.42. The Labute approximate surface area is 177 Å². The van der Waals surface area contributed by atoms with Crippen LogP contribution in [0, 0.1) is 5.92 Å². The zero-order valence-electron chi connectivity index (χ0n) is 15.9. The number of aromatic nitrogens is 2. The number of pyridine rings is 1. The van der Waals surface area contributed by atoms with Crippen molar-refractivity contribution in [2.75, 3.05) is 10.6 Å². The highest BCUT2D eigenvalue weighted by Crippen LogP contribution is 2.48. The Morgan fingerprint density at radius 2 is 1.83 bits per heavy atom. The van der Waals surface area contributed by atoms with Crippen molar-refractivity contribution in [1.82, 2.24) is 9.97 Å². The molecule has 0 bridgehead atoms. The number of carbonyl (C=O) groups is 2. The molecule has 2 aromatic heterocycles. The smallest absolute Gasteiger partial charge is 0.257 e. The van der Waals surface area contributed by atoms with E-state index in [9.17, 15) is 9.59 Å². The van der Waals surface area contributed by atoms with Gasteiger partial charge in [0.2, 0.25) is 5.91 Å². The Bertz CT molecular complexity index is 1220. The molecule has 0 unspecified atom stereocenters. The van der Waals surface area contributed by atoms with Gasteiger partial charge in [-0.2, -0.15) is 0 Å². The van der Waals surface area contributed by atoms with Gasteiger partial charge in [0.25, 0.3) is 5.91 Å². The maximum atomic E-state index is 12.7. The molecule has 30 heavy (non-hydrogen) atoms. The summed E-state index contributed by atoms with van der Waals surface area (Å²) in [5.41, 5.74) is 2.44. The van der Waals surface area contributed by atoms with Gasteiger partial charge in [-0.05, 0) is 53.6 Å². The first kappa shape index (κ1) is 18.4. The molecule has 1 aliphatic rings. The molecule has 2 aromatic carbocycles. The third kappa shape index (κ3) is 3.79. The van der Waals surface area contributed by atoms with Gasteiger partial charge in [0, 0.05) is 46.5 Å². The van der Waals surface area contributed by atoms with E-state index in [0.29, 0.717) is 10.7 Å². The minimum absolute atomic E-state index is 0.0268. The number of nitrogens with one attached hydrogen (secondary N) is 2. The van der Waals surface area contributed by atoms with Gasteiger partial charge in [-0.3, -0.25) is 19.9 Å². The molecule has 2 atom stereocenters. The molecule has 4 aromatic rings. The Morgan fingerprint density at radius 1 is 0.967 bits per heavy atom. The largest absolute Gasteiger partial charge is 0.326 e. The molecular formula is C23H18N4O2S. The van der Waals surface area contributed by atoms with Crippen LogP contribution in [0.5, 0.6) is 0 Å². The monoisotopic (exact) mass is 414 g/mol. The summed E-state index contributed by atoms with van der Waals surface area (Å²) in [4.78, 5) is 33.1. The molecular weight excluding hydrogens is 396 g/mol. The second kappa shape index (κ2) is 7.68. The Hall–Kier alpha value is -3.58. The third-order valence-electron chi connectivity index (χ3n) is 5.29. The van der Waals surface area contributed by atoms with Crippen LogP contribution in [0.2, 0.25) is 0 Å². The molecule has 1 aliphatic carbocycles. The summed E-state index contributed by atoms with van der Waals surface area (Å²) in [6.07, 6.45) is 6.01. The quantitative estimate of drug-likeness (QED) is 0.496. The van der Waals surface area contributed by atoms with E-state index in [-0.39, 0.29) is 23.7 Å². The minimum atomic E-state index is -0.187. The van der Waals surface area contributed by atoms with Gasteiger partial charge in [-0.15, -0.1) is 11.3 Å². The van der Waals surface area contributed by atoms with E-state index in [1.807, 2.05) is 41.8 Å². The van der Waals surface area contributed by atoms with E-state index >= 15 is 0 Å². The van der Waals surface area contributed by atoms with Crippen molar-refractivity contribution in [3.05, 3.63) is 83.6 Å². The zero-order chi connectivity index (χ0) is 20.5. The van der Waals surface area contributed by atoms with Crippen LogP contribution in [0.15, 0.2) is 72.5 Å². The number of thiazole rings is 1. The van der Waals surface area contributed by atoms with Crippen molar-refractivity contribution in [2.24, 2.45) is 5.92 Å². The Morgan fingerprint density at radius 3 is 2.63 bits per heavy atom. The molecule has 0 saturated heterocycles. The number of carbonyl (C=O) groups excluding carboxylic acids is 2. The number of nitrogens with zero attached hydrogens (tertiary/aromatic N) is 2. The fraction of sp³-hybridized carbons (Fsp3) is 0.130. The van der Waals surface area contributed by atoms with E-state index in [1.165, 1.54) is 11.3 Å². The molecule has 0 spiro atoms. The molecule has 2 N–H and O–H groups in total. The maximum absolute atomic E-state index is 12.7. The van der Waals surface area contributed by atoms with Crippen molar-refractivity contribution >= 4 is 44.7 Å². The van der Waals surface area contributed by atoms with Crippen molar-refractivity contribution in [3.63, 3.8) is 0 Å². The molecule has 2 heterocycles.